The first-order valence-corrected chi connectivity index (χ1v) is 17.7. The monoisotopic (exact) mass is 758 g/mol. The molecule has 1 aromatic heterocycles. The lowest BCUT2D eigenvalue weighted by Gasteiger charge is -2.35. The van der Waals surface area contributed by atoms with Crippen molar-refractivity contribution in [1.82, 2.24) is 20.1 Å². The highest BCUT2D eigenvalue weighted by Gasteiger charge is 2.27. The van der Waals surface area contributed by atoms with Crippen molar-refractivity contribution >= 4 is 52.2 Å². The Labute approximate surface area is 316 Å². The highest BCUT2D eigenvalue weighted by atomic mass is 19.1. The Kier molecular flexibility index (Phi) is 13.0. The lowest BCUT2D eigenvalue weighted by Crippen LogP contribution is -2.51. The van der Waals surface area contributed by atoms with E-state index in [0.29, 0.717) is 36.4 Å². The first kappa shape index (κ1) is 39.8. The van der Waals surface area contributed by atoms with E-state index in [2.05, 4.69) is 16.0 Å². The van der Waals surface area contributed by atoms with Gasteiger partial charge in [0, 0.05) is 50.0 Å². The molecule has 290 valence electrons. The summed E-state index contributed by atoms with van der Waals surface area (Å²) in [5.41, 5.74) is 1.39. The van der Waals surface area contributed by atoms with E-state index in [-0.39, 0.29) is 49.8 Å². The molecule has 5 rings (SSSR count). The minimum absolute atomic E-state index is 0.0192. The van der Waals surface area contributed by atoms with Gasteiger partial charge in [0.25, 0.3) is 0 Å². The standard InChI is InChI=1S/C39H43FN6O9/c1-4-44-21-29(37(50)51)35(48)28-18-30(40)32(19-31(28)44)45-14-16-46(17-15-45)39(53)55-23-26-10-12-27(13-11-26)42-33(47)20-41-36(49)34(24(2)3)43-38(52)54-22-25-8-6-5-7-9-25/h5-13,18-19,21,24,34H,4,14-17,20,22-23H2,1-3H3,(H,41,49)(H,42,47)(H,43,52)(H,50,51). The van der Waals surface area contributed by atoms with Crippen LogP contribution in [0.25, 0.3) is 10.9 Å². The van der Waals surface area contributed by atoms with Crippen LogP contribution in [0.3, 0.4) is 0 Å². The molecule has 15 nitrogen and oxygen atoms in total. The van der Waals surface area contributed by atoms with E-state index in [9.17, 15) is 33.9 Å². The van der Waals surface area contributed by atoms with Gasteiger partial charge in [0.2, 0.25) is 17.2 Å². The summed E-state index contributed by atoms with van der Waals surface area (Å²) in [5.74, 6) is -3.35. The number of hydrogen-bond donors (Lipinski definition) is 4. The summed E-state index contributed by atoms with van der Waals surface area (Å²) in [6, 6.07) is 17.4. The molecule has 1 aliphatic heterocycles. The minimum Gasteiger partial charge on any atom is -0.477 e. The predicted octanol–water partition coefficient (Wildman–Crippen LogP) is 4.32. The van der Waals surface area contributed by atoms with Gasteiger partial charge in [-0.05, 0) is 48.2 Å². The Morgan fingerprint density at radius 3 is 2.18 bits per heavy atom. The predicted molar refractivity (Wildman–Crippen MR) is 201 cm³/mol. The molecule has 16 heteroatoms. The van der Waals surface area contributed by atoms with Gasteiger partial charge >= 0.3 is 18.2 Å². The number of carbonyl (C=O) groups excluding carboxylic acids is 4. The molecule has 1 fully saturated rings. The molecule has 1 aliphatic rings. The summed E-state index contributed by atoms with van der Waals surface area (Å²) in [5, 5.41) is 17.1. The summed E-state index contributed by atoms with van der Waals surface area (Å²) >= 11 is 0. The smallest absolute Gasteiger partial charge is 0.410 e. The van der Waals surface area contributed by atoms with Gasteiger partial charge in [-0.3, -0.25) is 14.4 Å². The number of ether oxygens (including phenoxy) is 2. The van der Waals surface area contributed by atoms with E-state index < -0.39 is 52.8 Å². The van der Waals surface area contributed by atoms with Gasteiger partial charge in [-0.2, -0.15) is 0 Å². The number of pyridine rings is 1. The van der Waals surface area contributed by atoms with Gasteiger partial charge in [-0.25, -0.2) is 18.8 Å². The van der Waals surface area contributed by atoms with Gasteiger partial charge in [-0.15, -0.1) is 0 Å². The van der Waals surface area contributed by atoms with Crippen molar-refractivity contribution in [1.29, 1.82) is 0 Å². The van der Waals surface area contributed by atoms with Crippen LogP contribution in [0, 0.1) is 11.7 Å². The second-order valence-corrected chi connectivity index (χ2v) is 13.2. The number of piperazine rings is 1. The van der Waals surface area contributed by atoms with E-state index in [1.165, 1.54) is 17.2 Å². The van der Waals surface area contributed by atoms with Crippen molar-refractivity contribution < 1.29 is 42.9 Å². The third-order valence-corrected chi connectivity index (χ3v) is 9.06. The molecule has 0 aliphatic carbocycles. The van der Waals surface area contributed by atoms with Crippen LogP contribution in [0.15, 0.2) is 77.7 Å². The fourth-order valence-corrected chi connectivity index (χ4v) is 6.02. The molecule has 0 bridgehead atoms. The van der Waals surface area contributed by atoms with Crippen LogP contribution >= 0.6 is 0 Å². The maximum atomic E-state index is 15.2. The largest absolute Gasteiger partial charge is 0.477 e. The second-order valence-electron chi connectivity index (χ2n) is 13.2. The quantitative estimate of drug-likeness (QED) is 0.153. The average molecular weight is 759 g/mol. The molecule has 4 amide bonds. The Hall–Kier alpha value is -6.45. The first-order chi connectivity index (χ1) is 26.3. The van der Waals surface area contributed by atoms with Gasteiger partial charge in [0.15, 0.2) is 0 Å². The molecule has 2 heterocycles. The number of rotatable bonds is 13. The molecule has 4 N–H and O–H groups in total. The van der Waals surface area contributed by atoms with E-state index in [4.69, 9.17) is 9.47 Å². The lowest BCUT2D eigenvalue weighted by molar-refractivity contribution is -0.126. The first-order valence-electron chi connectivity index (χ1n) is 17.7. The molecule has 0 radical (unpaired) electrons. The molecule has 0 saturated carbocycles. The zero-order chi connectivity index (χ0) is 39.6. The van der Waals surface area contributed by atoms with Crippen LogP contribution in [0.4, 0.5) is 25.4 Å². The number of amides is 4. The third-order valence-electron chi connectivity index (χ3n) is 9.06. The number of alkyl carbamates (subject to hydrolysis) is 1. The maximum absolute atomic E-state index is 15.2. The van der Waals surface area contributed by atoms with Crippen LogP contribution in [0.5, 0.6) is 0 Å². The number of benzene rings is 3. The van der Waals surface area contributed by atoms with E-state index in [1.54, 1.807) is 54.5 Å². The minimum atomic E-state index is -1.38. The number of aromatic carboxylic acids is 1. The number of aryl methyl sites for hydroxylation is 1. The van der Waals surface area contributed by atoms with Gasteiger partial charge in [-0.1, -0.05) is 56.3 Å². The van der Waals surface area contributed by atoms with E-state index in [0.717, 1.165) is 11.6 Å². The Balaban J connectivity index is 1.05. The van der Waals surface area contributed by atoms with Gasteiger partial charge < -0.3 is 44.9 Å². The van der Waals surface area contributed by atoms with Crippen molar-refractivity contribution in [2.75, 3.05) is 42.9 Å². The SMILES string of the molecule is CCn1cc(C(=O)O)c(=O)c2cc(F)c(N3CCN(C(=O)OCc4ccc(NC(=O)CNC(=O)C(NC(=O)OCc5ccccc5)C(C)C)cc4)CC3)cc21. The highest BCUT2D eigenvalue weighted by molar-refractivity contribution is 5.96. The average Bonchev–Trinajstić information content (AvgIpc) is 3.18. The summed E-state index contributed by atoms with van der Waals surface area (Å²) in [6.45, 7) is 6.45. The Bertz CT molecular complexity index is 2100. The zero-order valence-electron chi connectivity index (χ0n) is 30.7. The van der Waals surface area contributed by atoms with Crippen molar-refractivity contribution in [2.45, 2.75) is 46.6 Å². The molecule has 1 atom stereocenters. The fraction of sp³-hybridized carbons (Fsp3) is 0.333. The molecular weight excluding hydrogens is 715 g/mol. The van der Waals surface area contributed by atoms with Crippen LogP contribution in [0.1, 0.15) is 42.3 Å². The van der Waals surface area contributed by atoms with Crippen LogP contribution in [-0.4, -0.2) is 83.3 Å². The second kappa shape index (κ2) is 18.1. The Morgan fingerprint density at radius 2 is 1.55 bits per heavy atom. The zero-order valence-corrected chi connectivity index (χ0v) is 30.7. The van der Waals surface area contributed by atoms with Crippen LogP contribution in [0.2, 0.25) is 0 Å². The van der Waals surface area contributed by atoms with Crippen molar-refractivity contribution in [3.05, 3.63) is 106 Å². The van der Waals surface area contributed by atoms with E-state index in [1.807, 2.05) is 30.3 Å². The summed E-state index contributed by atoms with van der Waals surface area (Å²) in [4.78, 5) is 78.0. The number of fused-ring (bicyclic) bond motifs is 1. The third kappa shape index (κ3) is 10.2. The molecule has 1 saturated heterocycles. The molecule has 4 aromatic rings. The fourth-order valence-electron chi connectivity index (χ4n) is 6.02. The van der Waals surface area contributed by atoms with Crippen LogP contribution in [-0.2, 0) is 38.8 Å². The van der Waals surface area contributed by atoms with Crippen LogP contribution < -0.4 is 26.3 Å². The topological polar surface area (TPSA) is 189 Å². The summed E-state index contributed by atoms with van der Waals surface area (Å²) < 4.78 is 27.5. The van der Waals surface area contributed by atoms with Crippen molar-refractivity contribution in [3.63, 3.8) is 0 Å². The normalized spacial score (nSPS) is 13.3. The number of hydrogen-bond acceptors (Lipinski definition) is 9. The lowest BCUT2D eigenvalue weighted by atomic mass is 10.0. The highest BCUT2D eigenvalue weighted by Crippen LogP contribution is 2.27. The number of nitrogens with one attached hydrogen (secondary N) is 3. The summed E-state index contributed by atoms with van der Waals surface area (Å²) in [6.07, 6.45) is -0.0453. The molecular formula is C39H43FN6O9. The Morgan fingerprint density at radius 1 is 0.891 bits per heavy atom. The molecule has 3 aromatic carbocycles. The number of carbonyl (C=O) groups is 5. The number of carboxylic acids is 1. The number of nitrogens with zero attached hydrogens (tertiary/aromatic N) is 3. The summed E-state index contributed by atoms with van der Waals surface area (Å²) in [7, 11) is 0. The van der Waals surface area contributed by atoms with Crippen molar-refractivity contribution in [2.24, 2.45) is 5.92 Å². The number of halogens is 1. The molecule has 1 unspecified atom stereocenters. The molecule has 55 heavy (non-hydrogen) atoms. The van der Waals surface area contributed by atoms with E-state index >= 15 is 4.39 Å². The number of anilines is 2. The number of carboxylic acid groups (broad SMARTS) is 1. The van der Waals surface area contributed by atoms with Gasteiger partial charge in [0.05, 0.1) is 17.7 Å². The maximum Gasteiger partial charge on any atom is 0.410 e. The van der Waals surface area contributed by atoms with Crippen molar-refractivity contribution in [3.8, 4) is 0 Å². The number of aromatic nitrogens is 1. The molecule has 0 spiro atoms. The van der Waals surface area contributed by atoms with Gasteiger partial charge in [0.1, 0.15) is 30.6 Å².